The highest BCUT2D eigenvalue weighted by molar-refractivity contribution is 9.10. The van der Waals surface area contributed by atoms with E-state index in [-0.39, 0.29) is 11.6 Å². The van der Waals surface area contributed by atoms with Crippen molar-refractivity contribution >= 4 is 38.6 Å². The average Bonchev–Trinajstić information content (AvgIpc) is 3.28. The van der Waals surface area contributed by atoms with Crippen molar-refractivity contribution in [1.82, 2.24) is 14.8 Å². The van der Waals surface area contributed by atoms with Crippen LogP contribution in [0.1, 0.15) is 48.8 Å². The maximum atomic E-state index is 12.1. The lowest BCUT2D eigenvalue weighted by Gasteiger charge is -2.33. The number of aromatic carboxylic acids is 1. The van der Waals surface area contributed by atoms with Gasteiger partial charge in [-0.15, -0.1) is 0 Å². The van der Waals surface area contributed by atoms with Gasteiger partial charge in [0.25, 0.3) is 0 Å². The minimum absolute atomic E-state index is 0.00708. The van der Waals surface area contributed by atoms with Gasteiger partial charge < -0.3 is 14.7 Å². The molecule has 0 radical (unpaired) electrons. The number of carboxylic acids is 1. The summed E-state index contributed by atoms with van der Waals surface area (Å²) < 4.78 is 8.17. The first-order valence-electron chi connectivity index (χ1n) is 12.2. The summed E-state index contributed by atoms with van der Waals surface area (Å²) in [4.78, 5) is 18.9. The number of rotatable bonds is 6. The van der Waals surface area contributed by atoms with Crippen molar-refractivity contribution in [2.24, 2.45) is 0 Å². The van der Waals surface area contributed by atoms with E-state index in [1.807, 2.05) is 24.3 Å². The summed E-state index contributed by atoms with van der Waals surface area (Å²) in [7, 11) is 2.12. The number of benzene rings is 2. The summed E-state index contributed by atoms with van der Waals surface area (Å²) >= 11 is 3.53. The molecule has 8 heteroatoms. The number of halogens is 1. The molecule has 0 aliphatic carbocycles. The summed E-state index contributed by atoms with van der Waals surface area (Å²) in [5.74, 6) is -0.946. The first kappa shape index (κ1) is 24.5. The van der Waals surface area contributed by atoms with Gasteiger partial charge in [-0.25, -0.2) is 14.5 Å². The Bertz CT molecular complexity index is 1410. The molecule has 1 fully saturated rings. The van der Waals surface area contributed by atoms with Gasteiger partial charge in [0.1, 0.15) is 0 Å². The zero-order valence-corrected chi connectivity index (χ0v) is 22.2. The highest BCUT2D eigenvalue weighted by Crippen LogP contribution is 2.36. The molecule has 0 unspecified atom stereocenters. The van der Waals surface area contributed by atoms with Crippen LogP contribution in [0.15, 0.2) is 59.1 Å². The molecule has 0 spiro atoms. The third kappa shape index (κ3) is 4.63. The largest absolute Gasteiger partial charge is 0.477 e. The fraction of sp³-hybridized carbons (Fsp3) is 0.321. The van der Waals surface area contributed by atoms with Gasteiger partial charge in [-0.2, -0.15) is 5.10 Å². The molecule has 2 aromatic heterocycles. The van der Waals surface area contributed by atoms with E-state index in [0.717, 1.165) is 64.1 Å². The number of ether oxygens (including phenoxy) is 1. The molecule has 5 rings (SSSR count). The van der Waals surface area contributed by atoms with Gasteiger partial charge in [0.2, 0.25) is 0 Å². The van der Waals surface area contributed by atoms with Crippen LogP contribution in [0.25, 0.3) is 27.8 Å². The second-order valence-corrected chi connectivity index (χ2v) is 10.4. The molecule has 1 aliphatic heterocycles. The molecule has 1 saturated heterocycles. The average molecular weight is 549 g/mol. The molecule has 1 N–H and O–H groups in total. The molecule has 0 amide bonds. The molecule has 36 heavy (non-hydrogen) atoms. The number of nitrogens with zero attached hydrogens (tertiary/aromatic N) is 4. The van der Waals surface area contributed by atoms with Crippen LogP contribution in [-0.4, -0.2) is 52.1 Å². The fourth-order valence-corrected chi connectivity index (χ4v) is 5.22. The number of anilines is 1. The number of fused-ring (bicyclic) bond motifs is 1. The molecule has 0 bridgehead atoms. The minimum Gasteiger partial charge on any atom is -0.477 e. The molecule has 2 aromatic carbocycles. The molecule has 3 heterocycles. The molecule has 186 valence electrons. The number of pyridine rings is 1. The number of hydrogen-bond donors (Lipinski definition) is 1. The van der Waals surface area contributed by atoms with Crippen molar-refractivity contribution in [2.45, 2.75) is 38.6 Å². The molecule has 4 aromatic rings. The lowest BCUT2D eigenvalue weighted by atomic mass is 9.97. The summed E-state index contributed by atoms with van der Waals surface area (Å²) in [6.45, 7) is 5.77. The van der Waals surface area contributed by atoms with E-state index in [2.05, 4.69) is 71.0 Å². The standard InChI is InChI=1S/C28H29BrN4O3/c1-17(2)26-25-23(18-7-9-20(10-8-18)32(3)21-11-13-36-14-12-21)16-24(28(34)35)30-27(25)33(31-26)22-6-4-5-19(29)15-22/h4-10,15-17,21H,11-14H2,1-3H3,(H,34,35). The van der Waals surface area contributed by atoms with Crippen LogP contribution in [0.2, 0.25) is 0 Å². The fourth-order valence-electron chi connectivity index (χ4n) is 4.83. The molecular formula is C28H29BrN4O3. The van der Waals surface area contributed by atoms with Gasteiger partial charge in [0.15, 0.2) is 11.3 Å². The Morgan fingerprint density at radius 2 is 1.86 bits per heavy atom. The predicted molar refractivity (Wildman–Crippen MR) is 145 cm³/mol. The zero-order chi connectivity index (χ0) is 25.4. The van der Waals surface area contributed by atoms with Gasteiger partial charge in [-0.3, -0.25) is 0 Å². The van der Waals surface area contributed by atoms with E-state index in [1.165, 1.54) is 0 Å². The number of carbonyl (C=O) groups is 1. The first-order valence-corrected chi connectivity index (χ1v) is 13.0. The summed E-state index contributed by atoms with van der Waals surface area (Å²) in [6.07, 6.45) is 2.02. The quantitative estimate of drug-likeness (QED) is 0.305. The van der Waals surface area contributed by atoms with E-state index in [0.29, 0.717) is 11.7 Å². The van der Waals surface area contributed by atoms with Crippen LogP contribution < -0.4 is 4.90 Å². The number of hydrogen-bond acceptors (Lipinski definition) is 5. The summed E-state index contributed by atoms with van der Waals surface area (Å²) in [5.41, 5.74) is 5.11. The third-order valence-electron chi connectivity index (χ3n) is 6.81. The van der Waals surface area contributed by atoms with Crippen molar-refractivity contribution in [3.8, 4) is 16.8 Å². The van der Waals surface area contributed by atoms with Crippen molar-refractivity contribution in [3.05, 3.63) is 70.5 Å². The Balaban J connectivity index is 1.66. The monoisotopic (exact) mass is 548 g/mol. The van der Waals surface area contributed by atoms with Gasteiger partial charge in [-0.1, -0.05) is 48.0 Å². The van der Waals surface area contributed by atoms with E-state index in [4.69, 9.17) is 9.84 Å². The predicted octanol–water partition coefficient (Wildman–Crippen LogP) is 6.29. The highest BCUT2D eigenvalue weighted by atomic mass is 79.9. The van der Waals surface area contributed by atoms with Crippen LogP contribution in [0.5, 0.6) is 0 Å². The van der Waals surface area contributed by atoms with Gasteiger partial charge in [0, 0.05) is 36.5 Å². The Morgan fingerprint density at radius 3 is 2.50 bits per heavy atom. The maximum absolute atomic E-state index is 12.1. The van der Waals surface area contributed by atoms with Gasteiger partial charge in [0.05, 0.1) is 16.8 Å². The molecule has 0 saturated carbocycles. The topological polar surface area (TPSA) is 80.5 Å². The zero-order valence-electron chi connectivity index (χ0n) is 20.6. The lowest BCUT2D eigenvalue weighted by Crippen LogP contribution is -2.36. The molecule has 1 aliphatic rings. The number of aromatic nitrogens is 3. The van der Waals surface area contributed by atoms with Crippen LogP contribution >= 0.6 is 15.9 Å². The van der Waals surface area contributed by atoms with Gasteiger partial charge in [-0.05, 0) is 66.3 Å². The van der Waals surface area contributed by atoms with Crippen molar-refractivity contribution in [1.29, 1.82) is 0 Å². The second kappa shape index (κ2) is 10.0. The van der Waals surface area contributed by atoms with Gasteiger partial charge >= 0.3 is 5.97 Å². The second-order valence-electron chi connectivity index (χ2n) is 9.49. The van der Waals surface area contributed by atoms with Crippen molar-refractivity contribution in [2.75, 3.05) is 25.2 Å². The van der Waals surface area contributed by atoms with E-state index >= 15 is 0 Å². The van der Waals surface area contributed by atoms with Crippen LogP contribution in [0.4, 0.5) is 5.69 Å². The Labute approximate surface area is 218 Å². The highest BCUT2D eigenvalue weighted by Gasteiger charge is 2.24. The maximum Gasteiger partial charge on any atom is 0.354 e. The Morgan fingerprint density at radius 1 is 1.14 bits per heavy atom. The Hall–Kier alpha value is -3.23. The van der Waals surface area contributed by atoms with Crippen molar-refractivity contribution in [3.63, 3.8) is 0 Å². The van der Waals surface area contributed by atoms with Crippen LogP contribution in [-0.2, 0) is 4.74 Å². The normalized spacial score (nSPS) is 14.5. The minimum atomic E-state index is -1.07. The van der Waals surface area contributed by atoms with E-state index in [9.17, 15) is 9.90 Å². The van der Waals surface area contributed by atoms with E-state index < -0.39 is 5.97 Å². The third-order valence-corrected chi connectivity index (χ3v) is 7.30. The molecule has 0 atom stereocenters. The molecule has 7 nitrogen and oxygen atoms in total. The van der Waals surface area contributed by atoms with Crippen LogP contribution in [0.3, 0.4) is 0 Å². The SMILES string of the molecule is CC(C)c1nn(-c2cccc(Br)c2)c2nc(C(=O)O)cc(-c3ccc(N(C)C4CCOCC4)cc3)c12. The molecular weight excluding hydrogens is 520 g/mol. The van der Waals surface area contributed by atoms with Crippen molar-refractivity contribution < 1.29 is 14.6 Å². The summed E-state index contributed by atoms with van der Waals surface area (Å²) in [6, 6.07) is 18.2. The smallest absolute Gasteiger partial charge is 0.354 e. The summed E-state index contributed by atoms with van der Waals surface area (Å²) in [5, 5.41) is 15.7. The van der Waals surface area contributed by atoms with Crippen LogP contribution in [0, 0.1) is 0 Å². The first-order chi connectivity index (χ1) is 17.3. The lowest BCUT2D eigenvalue weighted by molar-refractivity contribution is 0.0691. The Kier molecular flexibility index (Phi) is 6.81. The number of carboxylic acid groups (broad SMARTS) is 1. The van der Waals surface area contributed by atoms with E-state index in [1.54, 1.807) is 10.7 Å².